The number of carbonyl (C=O) groups excluding carboxylic acids is 2. The van der Waals surface area contributed by atoms with Gasteiger partial charge in [0.15, 0.2) is 0 Å². The molecule has 2 heterocycles. The molecule has 2 aromatic carbocycles. The Labute approximate surface area is 217 Å². The molecule has 0 aromatic heterocycles. The minimum Gasteiger partial charge on any atom is -0.496 e. The number of hydrogen-bond acceptors (Lipinski definition) is 8. The third-order valence-electron chi connectivity index (χ3n) is 5.15. The molecule has 34 heavy (non-hydrogen) atoms. The summed E-state index contributed by atoms with van der Waals surface area (Å²) in [5.41, 5.74) is 1.59. The van der Waals surface area contributed by atoms with Gasteiger partial charge in [0.1, 0.15) is 20.1 Å². The molecule has 0 unspecified atom stereocenters. The summed E-state index contributed by atoms with van der Waals surface area (Å²) >= 11 is 13.3. The molecular weight excluding hydrogens is 509 g/mol. The lowest BCUT2D eigenvalue weighted by Gasteiger charge is -2.19. The number of benzene rings is 2. The van der Waals surface area contributed by atoms with Gasteiger partial charge in [-0.15, -0.1) is 0 Å². The molecule has 0 spiro atoms. The largest absolute Gasteiger partial charge is 0.496 e. The third-order valence-corrected chi connectivity index (χ3v) is 7.90. The summed E-state index contributed by atoms with van der Waals surface area (Å²) in [5, 5.41) is 0. The van der Waals surface area contributed by atoms with Gasteiger partial charge in [-0.05, 0) is 24.3 Å². The van der Waals surface area contributed by atoms with Crippen LogP contribution in [0.2, 0.25) is 0 Å². The molecule has 2 amide bonds. The number of rotatable bonds is 7. The van der Waals surface area contributed by atoms with Crippen molar-refractivity contribution in [3.63, 3.8) is 0 Å². The molecule has 2 saturated heterocycles. The molecule has 2 aromatic rings. The molecule has 0 atom stereocenters. The van der Waals surface area contributed by atoms with Crippen LogP contribution in [0.5, 0.6) is 11.5 Å². The normalized spacial score (nSPS) is 18.5. The van der Waals surface area contributed by atoms with Gasteiger partial charge >= 0.3 is 0 Å². The predicted molar refractivity (Wildman–Crippen MR) is 146 cm³/mol. The maximum Gasteiger partial charge on any atom is 0.266 e. The molecule has 2 aliphatic heterocycles. The lowest BCUT2D eigenvalue weighted by molar-refractivity contribution is -0.125. The zero-order valence-corrected chi connectivity index (χ0v) is 21.6. The molecule has 10 heteroatoms. The number of hydrogen-bond donors (Lipinski definition) is 0. The van der Waals surface area contributed by atoms with Crippen molar-refractivity contribution in [3.8, 4) is 11.5 Å². The molecule has 4 rings (SSSR count). The zero-order valence-electron chi connectivity index (χ0n) is 18.3. The second-order valence-electron chi connectivity index (χ2n) is 7.15. The van der Waals surface area contributed by atoms with E-state index in [9.17, 15) is 9.59 Å². The standard InChI is InChI=1S/C24H20N2O4S4/c1-29-17-9-5-3-7-15(17)13-19-21(27)25(23(31)33-19)11-12-26-22(28)20(34-24(26)32)14-16-8-4-6-10-18(16)30-2/h3-10,13-14H,11-12H2,1-2H3. The summed E-state index contributed by atoms with van der Waals surface area (Å²) in [7, 11) is 3.17. The Morgan fingerprint density at radius 3 is 1.50 bits per heavy atom. The van der Waals surface area contributed by atoms with E-state index in [0.717, 1.165) is 11.1 Å². The molecule has 6 nitrogen and oxygen atoms in total. The Hall–Kier alpha value is -2.66. The smallest absolute Gasteiger partial charge is 0.266 e. The van der Waals surface area contributed by atoms with E-state index in [1.807, 2.05) is 48.5 Å². The number of methoxy groups -OCH3 is 2. The number of para-hydroxylation sites is 2. The van der Waals surface area contributed by atoms with Crippen molar-refractivity contribution < 1.29 is 19.1 Å². The number of ether oxygens (including phenoxy) is 2. The average molecular weight is 529 g/mol. The number of thioether (sulfide) groups is 2. The molecule has 174 valence electrons. The molecule has 0 N–H and O–H groups in total. The minimum absolute atomic E-state index is 0.198. The van der Waals surface area contributed by atoms with E-state index >= 15 is 0 Å². The lowest BCUT2D eigenvalue weighted by Crippen LogP contribution is -2.39. The maximum atomic E-state index is 13.0. The van der Waals surface area contributed by atoms with Crippen LogP contribution in [0.4, 0.5) is 0 Å². The zero-order chi connectivity index (χ0) is 24.2. The maximum absolute atomic E-state index is 13.0. The second-order valence-corrected chi connectivity index (χ2v) is 10.5. The van der Waals surface area contributed by atoms with Crippen molar-refractivity contribution in [1.29, 1.82) is 0 Å². The Bertz CT molecular complexity index is 1150. The summed E-state index contributed by atoms with van der Waals surface area (Å²) in [6.45, 7) is 0.505. The van der Waals surface area contributed by atoms with E-state index < -0.39 is 0 Å². The average Bonchev–Trinajstić information content (AvgIpc) is 3.26. The summed E-state index contributed by atoms with van der Waals surface area (Å²) in [6.07, 6.45) is 3.54. The van der Waals surface area contributed by atoms with Gasteiger partial charge in [-0.3, -0.25) is 19.4 Å². The predicted octanol–water partition coefficient (Wildman–Crippen LogP) is 4.81. The fourth-order valence-corrected chi connectivity index (χ4v) is 6.04. The van der Waals surface area contributed by atoms with Crippen LogP contribution in [0.3, 0.4) is 0 Å². The van der Waals surface area contributed by atoms with E-state index in [1.165, 1.54) is 33.3 Å². The van der Waals surface area contributed by atoms with Crippen LogP contribution in [-0.4, -0.2) is 57.6 Å². The molecule has 0 radical (unpaired) electrons. The van der Waals surface area contributed by atoms with Crippen molar-refractivity contribution in [2.45, 2.75) is 0 Å². The Morgan fingerprint density at radius 1 is 0.735 bits per heavy atom. The highest BCUT2D eigenvalue weighted by atomic mass is 32.2. The fourth-order valence-electron chi connectivity index (χ4n) is 3.44. The Kier molecular flexibility index (Phi) is 7.72. The van der Waals surface area contributed by atoms with Crippen LogP contribution in [0, 0.1) is 0 Å². The quantitative estimate of drug-likeness (QED) is 0.375. The Balaban J connectivity index is 1.46. The number of carbonyl (C=O) groups is 2. The van der Waals surface area contributed by atoms with Crippen molar-refractivity contribution in [1.82, 2.24) is 9.80 Å². The van der Waals surface area contributed by atoms with E-state index in [4.69, 9.17) is 33.9 Å². The number of amides is 2. The monoisotopic (exact) mass is 528 g/mol. The summed E-state index contributed by atoms with van der Waals surface area (Å²) in [5.74, 6) is 0.950. The van der Waals surface area contributed by atoms with Gasteiger partial charge in [0.25, 0.3) is 11.8 Å². The molecule has 0 bridgehead atoms. The van der Waals surface area contributed by atoms with Crippen LogP contribution in [0.25, 0.3) is 12.2 Å². The van der Waals surface area contributed by atoms with Gasteiger partial charge in [-0.1, -0.05) is 84.4 Å². The minimum atomic E-state index is -0.198. The van der Waals surface area contributed by atoms with Gasteiger partial charge in [0.05, 0.1) is 24.0 Å². The molecule has 0 aliphatic carbocycles. The third kappa shape index (κ3) is 5.05. The van der Waals surface area contributed by atoms with Gasteiger partial charge in [-0.25, -0.2) is 0 Å². The molecular formula is C24H20N2O4S4. The van der Waals surface area contributed by atoms with Crippen molar-refractivity contribution >= 4 is 80.6 Å². The van der Waals surface area contributed by atoms with E-state index in [0.29, 0.717) is 30.0 Å². The summed E-state index contributed by atoms with van der Waals surface area (Å²) in [6, 6.07) is 14.9. The summed E-state index contributed by atoms with van der Waals surface area (Å²) < 4.78 is 11.6. The highest BCUT2D eigenvalue weighted by Crippen LogP contribution is 2.36. The SMILES string of the molecule is COc1ccccc1C=C1SC(=S)N(CCN2C(=O)C(=Cc3ccccc3OC)SC2=S)C1=O. The summed E-state index contributed by atoms with van der Waals surface area (Å²) in [4.78, 5) is 30.0. The molecule has 2 aliphatic rings. The van der Waals surface area contributed by atoms with E-state index in [2.05, 4.69) is 0 Å². The van der Waals surface area contributed by atoms with Crippen LogP contribution in [0.15, 0.2) is 58.3 Å². The van der Waals surface area contributed by atoms with E-state index in [1.54, 1.807) is 26.4 Å². The number of thiocarbonyl (C=S) groups is 2. The topological polar surface area (TPSA) is 59.1 Å². The van der Waals surface area contributed by atoms with Crippen LogP contribution in [0.1, 0.15) is 11.1 Å². The fraction of sp³-hybridized carbons (Fsp3) is 0.167. The lowest BCUT2D eigenvalue weighted by atomic mass is 10.2. The van der Waals surface area contributed by atoms with E-state index in [-0.39, 0.29) is 24.9 Å². The number of nitrogens with zero attached hydrogens (tertiary/aromatic N) is 2. The van der Waals surface area contributed by atoms with Gasteiger partial charge in [0.2, 0.25) is 0 Å². The first kappa shape index (κ1) is 24.5. The first-order valence-corrected chi connectivity index (χ1v) is 12.6. The first-order chi connectivity index (χ1) is 16.4. The molecule has 2 fully saturated rings. The van der Waals surface area contributed by atoms with Crippen LogP contribution in [-0.2, 0) is 9.59 Å². The van der Waals surface area contributed by atoms with Crippen molar-refractivity contribution in [2.75, 3.05) is 27.3 Å². The second kappa shape index (κ2) is 10.7. The van der Waals surface area contributed by atoms with Crippen LogP contribution >= 0.6 is 48.0 Å². The van der Waals surface area contributed by atoms with Crippen molar-refractivity contribution in [3.05, 3.63) is 69.5 Å². The van der Waals surface area contributed by atoms with Crippen LogP contribution < -0.4 is 9.47 Å². The van der Waals surface area contributed by atoms with Gasteiger partial charge < -0.3 is 9.47 Å². The Morgan fingerprint density at radius 2 is 1.12 bits per heavy atom. The van der Waals surface area contributed by atoms with Crippen molar-refractivity contribution in [2.24, 2.45) is 0 Å². The van der Waals surface area contributed by atoms with Gasteiger partial charge in [0, 0.05) is 24.2 Å². The van der Waals surface area contributed by atoms with Gasteiger partial charge in [-0.2, -0.15) is 0 Å². The highest BCUT2D eigenvalue weighted by molar-refractivity contribution is 8.27. The molecule has 0 saturated carbocycles. The first-order valence-electron chi connectivity index (χ1n) is 10.2. The highest BCUT2D eigenvalue weighted by Gasteiger charge is 2.36.